The number of carbonyl (C=O) groups is 1. The number of hydrogen-bond acceptors (Lipinski definition) is 7. The van der Waals surface area contributed by atoms with Gasteiger partial charge in [-0.3, -0.25) is 4.79 Å². The molecule has 12 heteroatoms. The van der Waals surface area contributed by atoms with Gasteiger partial charge in [0.05, 0.1) is 31.1 Å². The van der Waals surface area contributed by atoms with Crippen LogP contribution in [0.5, 0.6) is 11.5 Å². The maximum absolute atomic E-state index is 12.7. The Labute approximate surface area is 268 Å². The number of nitrogens with two attached hydrogens (primary N) is 1. The first-order valence-electron chi connectivity index (χ1n) is 12.8. The summed E-state index contributed by atoms with van der Waals surface area (Å²) in [6, 6.07) is 7.64. The lowest BCUT2D eigenvalue weighted by Gasteiger charge is -2.20. The molecule has 0 unspecified atom stereocenters. The van der Waals surface area contributed by atoms with Crippen molar-refractivity contribution in [1.82, 2.24) is 10.2 Å². The van der Waals surface area contributed by atoms with Crippen molar-refractivity contribution in [3.05, 3.63) is 77.7 Å². The van der Waals surface area contributed by atoms with E-state index in [-0.39, 0.29) is 12.1 Å². The van der Waals surface area contributed by atoms with E-state index in [2.05, 4.69) is 91.4 Å². The predicted octanol–water partition coefficient (Wildman–Crippen LogP) is 6.35. The van der Waals surface area contributed by atoms with Gasteiger partial charge in [0.15, 0.2) is 0 Å². The van der Waals surface area contributed by atoms with Gasteiger partial charge in [0.25, 0.3) is 5.91 Å². The number of hydrogen-bond donors (Lipinski definition) is 3. The predicted molar refractivity (Wildman–Crippen MR) is 172 cm³/mol. The molecule has 0 radical (unpaired) electrons. The number of halogens is 4. The third-order valence-electron chi connectivity index (χ3n) is 5.88. The van der Waals surface area contributed by atoms with Gasteiger partial charge in [-0.05, 0) is 137 Å². The van der Waals surface area contributed by atoms with Crippen LogP contribution in [0, 0.1) is 0 Å². The highest BCUT2D eigenvalue weighted by atomic mass is 79.9. The molecule has 0 atom stereocenters. The Balaban J connectivity index is 1.49. The maximum Gasteiger partial charge on any atom is 0.269 e. The van der Waals surface area contributed by atoms with Crippen LogP contribution in [0.2, 0.25) is 0 Å². The minimum absolute atomic E-state index is 0.0158. The highest BCUT2D eigenvalue weighted by molar-refractivity contribution is 9.11. The van der Waals surface area contributed by atoms with E-state index in [0.717, 1.165) is 60.7 Å². The molecule has 3 rings (SSSR count). The number of ether oxygens (including phenoxy) is 2. The van der Waals surface area contributed by atoms with Crippen LogP contribution in [0.4, 0.5) is 0 Å². The van der Waals surface area contributed by atoms with E-state index in [4.69, 9.17) is 15.2 Å². The molecule has 0 saturated carbocycles. The van der Waals surface area contributed by atoms with E-state index in [9.17, 15) is 10.0 Å². The minimum Gasteiger partial charge on any atom is -0.491 e. The molecule has 0 aliphatic carbocycles. The number of amides is 1. The fraction of sp³-hybridized carbons (Fsp3) is 0.357. The normalized spacial score (nSPS) is 13.0. The number of nitrogens with zero attached hydrogens (tertiary/aromatic N) is 2. The summed E-state index contributed by atoms with van der Waals surface area (Å²) in [5.41, 5.74) is 7.34. The van der Waals surface area contributed by atoms with Crippen molar-refractivity contribution in [1.29, 1.82) is 0 Å². The molecular weight excluding hydrogens is 776 g/mol. The van der Waals surface area contributed by atoms with Gasteiger partial charge in [0.1, 0.15) is 17.2 Å². The smallest absolute Gasteiger partial charge is 0.269 e. The van der Waals surface area contributed by atoms with Gasteiger partial charge in [0, 0.05) is 26.1 Å². The summed E-state index contributed by atoms with van der Waals surface area (Å²) in [6.45, 7) is 3.85. The number of allylic oxidation sites excluding steroid dienone is 2. The molecule has 216 valence electrons. The topological polar surface area (TPSA) is 109 Å². The number of oxime groups is 1. The van der Waals surface area contributed by atoms with Crippen LogP contribution in [0.3, 0.4) is 0 Å². The van der Waals surface area contributed by atoms with Gasteiger partial charge in [-0.25, -0.2) is 0 Å². The monoisotopic (exact) mass is 804 g/mol. The third kappa shape index (κ3) is 10.2. The third-order valence-corrected chi connectivity index (χ3v) is 8.24. The summed E-state index contributed by atoms with van der Waals surface area (Å²) in [4.78, 5) is 15.0. The minimum atomic E-state index is -0.434. The molecule has 0 aromatic heterocycles. The standard InChI is InChI=1S/C28H32Br4N4O4/c29-21-14-19(15-22(30)26(21)39-12-4-7-33)6-8-34-28(37)25(35-38)18-20-16-23(31)27(24(32)17-20)40-13-5-11-36-9-2-1-3-10-36/h1-3,9,14-17,38H,4-8,10-13,18,33H2,(H,34,37). The maximum atomic E-state index is 12.7. The zero-order chi connectivity index (χ0) is 28.9. The average molecular weight is 808 g/mol. The van der Waals surface area contributed by atoms with Gasteiger partial charge in [-0.15, -0.1) is 0 Å². The molecule has 1 heterocycles. The number of rotatable bonds is 15. The summed E-state index contributed by atoms with van der Waals surface area (Å²) in [7, 11) is 0. The first-order valence-corrected chi connectivity index (χ1v) is 16.0. The summed E-state index contributed by atoms with van der Waals surface area (Å²) in [6.07, 6.45) is 10.6. The molecule has 1 aliphatic rings. The summed E-state index contributed by atoms with van der Waals surface area (Å²) in [5, 5.41) is 15.6. The van der Waals surface area contributed by atoms with E-state index in [1.165, 1.54) is 0 Å². The van der Waals surface area contributed by atoms with E-state index in [1.807, 2.05) is 36.4 Å². The fourth-order valence-electron chi connectivity index (χ4n) is 3.90. The van der Waals surface area contributed by atoms with Gasteiger partial charge >= 0.3 is 0 Å². The Hall–Kier alpha value is -1.86. The lowest BCUT2D eigenvalue weighted by Crippen LogP contribution is -2.33. The van der Waals surface area contributed by atoms with E-state index >= 15 is 0 Å². The number of nitrogens with one attached hydrogen (secondary N) is 1. The molecule has 1 aliphatic heterocycles. The van der Waals surface area contributed by atoms with Crippen molar-refractivity contribution in [2.75, 3.05) is 39.4 Å². The molecule has 2 aromatic rings. The van der Waals surface area contributed by atoms with Gasteiger partial charge in [0.2, 0.25) is 0 Å². The molecule has 0 saturated heterocycles. The van der Waals surface area contributed by atoms with Gasteiger partial charge < -0.3 is 30.6 Å². The van der Waals surface area contributed by atoms with Crippen LogP contribution in [0.1, 0.15) is 24.0 Å². The second-order valence-electron chi connectivity index (χ2n) is 8.96. The quantitative estimate of drug-likeness (QED) is 0.0839. The van der Waals surface area contributed by atoms with Crippen molar-refractivity contribution in [3.63, 3.8) is 0 Å². The zero-order valence-corrected chi connectivity index (χ0v) is 28.2. The van der Waals surface area contributed by atoms with E-state index < -0.39 is 5.91 Å². The average Bonchev–Trinajstić information content (AvgIpc) is 2.93. The largest absolute Gasteiger partial charge is 0.491 e. The molecular formula is C28H32Br4N4O4. The van der Waals surface area contributed by atoms with Gasteiger partial charge in [-0.1, -0.05) is 17.3 Å². The lowest BCUT2D eigenvalue weighted by molar-refractivity contribution is -0.115. The van der Waals surface area contributed by atoms with Crippen LogP contribution in [-0.2, 0) is 17.6 Å². The Bertz CT molecular complexity index is 1210. The van der Waals surface area contributed by atoms with Crippen molar-refractivity contribution in [3.8, 4) is 11.5 Å². The lowest BCUT2D eigenvalue weighted by atomic mass is 10.1. The molecule has 8 nitrogen and oxygen atoms in total. The summed E-state index contributed by atoms with van der Waals surface area (Å²) in [5.74, 6) is 0.978. The first kappa shape index (κ1) is 32.7. The van der Waals surface area contributed by atoms with E-state index in [0.29, 0.717) is 38.5 Å². The molecule has 0 spiro atoms. The van der Waals surface area contributed by atoms with Crippen molar-refractivity contribution < 1.29 is 19.5 Å². The van der Waals surface area contributed by atoms with E-state index in [1.54, 1.807) is 0 Å². The summed E-state index contributed by atoms with van der Waals surface area (Å²) < 4.78 is 14.9. The Morgan fingerprint density at radius 1 is 0.950 bits per heavy atom. The second kappa shape index (κ2) is 17.2. The Kier molecular flexibility index (Phi) is 14.0. The van der Waals surface area contributed by atoms with Crippen LogP contribution >= 0.6 is 63.7 Å². The number of carbonyl (C=O) groups excluding carboxylic acids is 1. The summed E-state index contributed by atoms with van der Waals surface area (Å²) >= 11 is 14.2. The Morgan fingerprint density at radius 2 is 1.55 bits per heavy atom. The van der Waals surface area contributed by atoms with Crippen molar-refractivity contribution in [2.45, 2.75) is 25.7 Å². The van der Waals surface area contributed by atoms with Gasteiger partial charge in [-0.2, -0.15) is 0 Å². The highest BCUT2D eigenvalue weighted by Gasteiger charge is 2.17. The second-order valence-corrected chi connectivity index (χ2v) is 12.4. The zero-order valence-electron chi connectivity index (χ0n) is 21.8. The van der Waals surface area contributed by atoms with Crippen LogP contribution in [0.25, 0.3) is 0 Å². The van der Waals surface area contributed by atoms with Crippen LogP contribution in [-0.4, -0.2) is 61.1 Å². The highest BCUT2D eigenvalue weighted by Crippen LogP contribution is 2.36. The SMILES string of the molecule is NCCCOc1c(Br)cc(CCNC(=O)C(Cc2cc(Br)c(OCCCN3C=CC=CC3)c(Br)c2)=NO)cc1Br. The Morgan fingerprint density at radius 3 is 2.10 bits per heavy atom. The number of benzene rings is 2. The van der Waals surface area contributed by atoms with Crippen LogP contribution < -0.4 is 20.5 Å². The van der Waals surface area contributed by atoms with Crippen LogP contribution in [0.15, 0.2) is 71.7 Å². The molecule has 4 N–H and O–H groups in total. The molecule has 1 amide bonds. The molecule has 0 fully saturated rings. The fourth-order valence-corrected chi connectivity index (χ4v) is 6.92. The molecule has 2 aromatic carbocycles. The van der Waals surface area contributed by atoms with Crippen molar-refractivity contribution >= 4 is 75.3 Å². The molecule has 40 heavy (non-hydrogen) atoms. The molecule has 0 bridgehead atoms. The van der Waals surface area contributed by atoms with Crippen molar-refractivity contribution in [2.24, 2.45) is 10.9 Å². The first-order chi connectivity index (χ1) is 19.3.